The number of rotatable bonds is 0. The van der Waals surface area contributed by atoms with Crippen LogP contribution in [0.3, 0.4) is 0 Å². The highest BCUT2D eigenvalue weighted by Crippen LogP contribution is 2.13. The Morgan fingerprint density at radius 1 is 1.45 bits per heavy atom. The number of hydrogen-bond donors (Lipinski definition) is 1. The molecule has 0 unspecified atom stereocenters. The van der Waals surface area contributed by atoms with Crippen molar-refractivity contribution in [3.8, 4) is 0 Å². The van der Waals surface area contributed by atoms with Crippen LogP contribution in [0.5, 0.6) is 0 Å². The predicted octanol–water partition coefficient (Wildman–Crippen LogP) is 0.608. The van der Waals surface area contributed by atoms with Crippen molar-refractivity contribution in [2.45, 2.75) is 6.42 Å². The van der Waals surface area contributed by atoms with Crippen molar-refractivity contribution in [2.24, 2.45) is 0 Å². The van der Waals surface area contributed by atoms with Crippen LogP contribution >= 0.6 is 0 Å². The number of ketones is 1. The van der Waals surface area contributed by atoms with Crippen LogP contribution in [0.4, 0.5) is 0 Å². The number of furan rings is 1. The van der Waals surface area contributed by atoms with Gasteiger partial charge >= 0.3 is 0 Å². The molecule has 0 aliphatic carbocycles. The third-order valence-electron chi connectivity index (χ3n) is 1.90. The molecule has 1 aromatic heterocycles. The van der Waals surface area contributed by atoms with Crippen molar-refractivity contribution in [1.82, 2.24) is 5.32 Å². The predicted molar refractivity (Wildman–Crippen MR) is 39.6 cm³/mol. The molecule has 0 saturated carbocycles. The summed E-state index contributed by atoms with van der Waals surface area (Å²) in [7, 11) is 0. The van der Waals surface area contributed by atoms with Gasteiger partial charge in [0.15, 0.2) is 5.78 Å². The average Bonchev–Trinajstić information content (AvgIpc) is 2.40. The van der Waals surface area contributed by atoms with Gasteiger partial charge in [-0.15, -0.1) is 0 Å². The van der Waals surface area contributed by atoms with E-state index in [0.29, 0.717) is 6.54 Å². The average molecular weight is 151 g/mol. The van der Waals surface area contributed by atoms with Crippen LogP contribution in [-0.4, -0.2) is 18.9 Å². The van der Waals surface area contributed by atoms with Crippen LogP contribution in [0.2, 0.25) is 0 Å². The van der Waals surface area contributed by atoms with Crippen LogP contribution in [0, 0.1) is 0 Å². The Morgan fingerprint density at radius 2 is 2.36 bits per heavy atom. The van der Waals surface area contributed by atoms with Crippen molar-refractivity contribution in [3.63, 3.8) is 0 Å². The maximum Gasteiger partial charge on any atom is 0.180 e. The smallest absolute Gasteiger partial charge is 0.180 e. The van der Waals surface area contributed by atoms with Crippen molar-refractivity contribution < 1.29 is 9.21 Å². The van der Waals surface area contributed by atoms with Crippen LogP contribution in [0.25, 0.3) is 0 Å². The number of nitrogens with one attached hydrogen (secondary N) is 1. The first-order valence-electron chi connectivity index (χ1n) is 3.67. The Bertz CT molecular complexity index is 277. The molecule has 0 saturated heterocycles. The summed E-state index contributed by atoms with van der Waals surface area (Å²) in [6.07, 6.45) is 4.07. The molecule has 0 radical (unpaired) electrons. The highest BCUT2D eigenvalue weighted by atomic mass is 16.3. The molecule has 0 aromatic carbocycles. The van der Waals surface area contributed by atoms with Gasteiger partial charge in [0.05, 0.1) is 18.4 Å². The summed E-state index contributed by atoms with van der Waals surface area (Å²) in [5.41, 5.74) is 1.77. The summed E-state index contributed by atoms with van der Waals surface area (Å²) < 4.78 is 4.94. The van der Waals surface area contributed by atoms with Gasteiger partial charge in [0.2, 0.25) is 0 Å². The maximum atomic E-state index is 11.2. The second kappa shape index (κ2) is 2.51. The zero-order valence-electron chi connectivity index (χ0n) is 6.09. The van der Waals surface area contributed by atoms with Crippen LogP contribution in [0.1, 0.15) is 15.9 Å². The highest BCUT2D eigenvalue weighted by Gasteiger charge is 2.16. The molecule has 1 aromatic rings. The molecule has 3 heteroatoms. The minimum atomic E-state index is 0.131. The molecule has 0 atom stereocenters. The Kier molecular flexibility index (Phi) is 1.51. The molecular formula is C8H9NO2. The number of carbonyl (C=O) groups is 1. The summed E-state index contributed by atoms with van der Waals surface area (Å²) in [5.74, 6) is 0.131. The van der Waals surface area contributed by atoms with E-state index in [1.807, 2.05) is 0 Å². The lowest BCUT2D eigenvalue weighted by atomic mass is 10.1. The third-order valence-corrected chi connectivity index (χ3v) is 1.90. The van der Waals surface area contributed by atoms with Crippen molar-refractivity contribution in [1.29, 1.82) is 0 Å². The highest BCUT2D eigenvalue weighted by molar-refractivity contribution is 5.98. The first-order chi connectivity index (χ1) is 5.38. The van der Waals surface area contributed by atoms with Gasteiger partial charge in [-0.05, 0) is 13.0 Å². The van der Waals surface area contributed by atoms with Gasteiger partial charge in [-0.2, -0.15) is 0 Å². The van der Waals surface area contributed by atoms with E-state index in [1.165, 1.54) is 6.26 Å². The zero-order chi connectivity index (χ0) is 7.68. The lowest BCUT2D eigenvalue weighted by Crippen LogP contribution is -2.21. The Labute approximate surface area is 64.4 Å². The lowest BCUT2D eigenvalue weighted by molar-refractivity contribution is 0.0993. The topological polar surface area (TPSA) is 42.2 Å². The molecule has 0 amide bonds. The quantitative estimate of drug-likeness (QED) is 0.590. The maximum absolute atomic E-state index is 11.2. The zero-order valence-corrected chi connectivity index (χ0v) is 6.09. The molecule has 0 bridgehead atoms. The lowest BCUT2D eigenvalue weighted by Gasteiger charge is -1.93. The van der Waals surface area contributed by atoms with Crippen molar-refractivity contribution in [2.75, 3.05) is 13.1 Å². The Morgan fingerprint density at radius 3 is 3.27 bits per heavy atom. The molecule has 3 nitrogen and oxygen atoms in total. The summed E-state index contributed by atoms with van der Waals surface area (Å²) in [5, 5.41) is 3.04. The van der Waals surface area contributed by atoms with Crippen molar-refractivity contribution >= 4 is 5.78 Å². The van der Waals surface area contributed by atoms with E-state index in [9.17, 15) is 4.79 Å². The summed E-state index contributed by atoms with van der Waals surface area (Å²) in [6.45, 7) is 1.30. The Balaban J connectivity index is 2.41. The van der Waals surface area contributed by atoms with Gasteiger partial charge in [0.1, 0.15) is 6.26 Å². The number of carbonyl (C=O) groups excluding carboxylic acids is 1. The molecule has 1 aliphatic rings. The van der Waals surface area contributed by atoms with E-state index in [0.717, 1.165) is 24.1 Å². The van der Waals surface area contributed by atoms with Gasteiger partial charge < -0.3 is 9.73 Å². The molecule has 58 valence electrons. The van der Waals surface area contributed by atoms with Gasteiger partial charge in [-0.25, -0.2) is 0 Å². The third kappa shape index (κ3) is 1.07. The van der Waals surface area contributed by atoms with E-state index in [4.69, 9.17) is 4.42 Å². The molecule has 1 aliphatic heterocycles. The summed E-state index contributed by atoms with van der Waals surface area (Å²) in [6, 6.07) is 0. The minimum Gasteiger partial charge on any atom is -0.472 e. The second-order valence-electron chi connectivity index (χ2n) is 2.66. The fraction of sp³-hybridized carbons (Fsp3) is 0.375. The number of Topliss-reactive ketones (excluding diaryl/α,β-unsaturated/α-hetero) is 1. The van der Waals surface area contributed by atoms with E-state index >= 15 is 0 Å². The fourth-order valence-corrected chi connectivity index (χ4v) is 1.28. The fourth-order valence-electron chi connectivity index (χ4n) is 1.28. The van der Waals surface area contributed by atoms with Crippen molar-refractivity contribution in [3.05, 3.63) is 23.7 Å². The second-order valence-corrected chi connectivity index (χ2v) is 2.66. The molecule has 2 rings (SSSR count). The largest absolute Gasteiger partial charge is 0.472 e. The van der Waals surface area contributed by atoms with E-state index < -0.39 is 0 Å². The molecular weight excluding hydrogens is 142 g/mol. The van der Waals surface area contributed by atoms with E-state index in [2.05, 4.69) is 5.32 Å². The molecule has 0 fully saturated rings. The first-order valence-corrected chi connectivity index (χ1v) is 3.67. The number of hydrogen-bond acceptors (Lipinski definition) is 3. The van der Waals surface area contributed by atoms with Gasteiger partial charge in [-0.3, -0.25) is 4.79 Å². The molecule has 2 heterocycles. The monoisotopic (exact) mass is 151 g/mol. The Hall–Kier alpha value is -1.09. The summed E-state index contributed by atoms with van der Waals surface area (Å²) >= 11 is 0. The van der Waals surface area contributed by atoms with Gasteiger partial charge in [0.25, 0.3) is 0 Å². The molecule has 0 spiro atoms. The SMILES string of the molecule is O=C1CNCCc2cocc21. The molecule has 11 heavy (non-hydrogen) atoms. The van der Waals surface area contributed by atoms with Gasteiger partial charge in [-0.1, -0.05) is 0 Å². The van der Waals surface area contributed by atoms with E-state index in [1.54, 1.807) is 6.26 Å². The first kappa shape index (κ1) is 6.61. The number of fused-ring (bicyclic) bond motifs is 1. The van der Waals surface area contributed by atoms with Gasteiger partial charge in [0, 0.05) is 5.56 Å². The normalized spacial score (nSPS) is 17.6. The minimum absolute atomic E-state index is 0.131. The van der Waals surface area contributed by atoms with Crippen LogP contribution in [0.15, 0.2) is 16.9 Å². The van der Waals surface area contributed by atoms with Crippen LogP contribution in [-0.2, 0) is 6.42 Å². The molecule has 1 N–H and O–H groups in total. The van der Waals surface area contributed by atoms with E-state index in [-0.39, 0.29) is 5.78 Å². The standard InChI is InChI=1S/C8H9NO2/c10-8-3-9-2-1-6-4-11-5-7(6)8/h4-5,9H,1-3H2. The summed E-state index contributed by atoms with van der Waals surface area (Å²) in [4.78, 5) is 11.2. The van der Waals surface area contributed by atoms with Crippen LogP contribution < -0.4 is 5.32 Å².